The number of hydrogen-bond donors (Lipinski definition) is 1. The molecule has 1 N–H and O–H groups in total. The van der Waals surface area contributed by atoms with E-state index >= 15 is 0 Å². The molecule has 5 heteroatoms. The molecule has 2 aromatic carbocycles. The second-order valence-electron chi connectivity index (χ2n) is 5.80. The zero-order valence-electron chi connectivity index (χ0n) is 12.7. The number of nitro groups is 1. The first-order valence-electron chi connectivity index (χ1n) is 7.81. The monoisotopic (exact) mass is 307 g/mol. The molecular weight excluding hydrogens is 290 g/mol. The van der Waals surface area contributed by atoms with E-state index in [-0.39, 0.29) is 10.6 Å². The third-order valence-corrected chi connectivity index (χ3v) is 4.47. The lowest BCUT2D eigenvalue weighted by atomic mass is 10.0. The van der Waals surface area contributed by atoms with Crippen molar-refractivity contribution < 1.29 is 4.92 Å². The highest BCUT2D eigenvalue weighted by Gasteiger charge is 2.20. The molecule has 5 nitrogen and oxygen atoms in total. The van der Waals surface area contributed by atoms with Crippen LogP contribution in [0.5, 0.6) is 0 Å². The molecule has 2 heterocycles. The first kappa shape index (κ1) is 14.0. The van der Waals surface area contributed by atoms with Gasteiger partial charge < -0.3 is 9.88 Å². The predicted octanol–water partition coefficient (Wildman–Crippen LogP) is 3.36. The molecule has 1 aromatic heterocycles. The zero-order chi connectivity index (χ0) is 15.8. The molecule has 3 aromatic rings. The van der Waals surface area contributed by atoms with Gasteiger partial charge in [-0.2, -0.15) is 0 Å². The zero-order valence-corrected chi connectivity index (χ0v) is 12.7. The van der Waals surface area contributed by atoms with Crippen LogP contribution in [0.3, 0.4) is 0 Å². The summed E-state index contributed by atoms with van der Waals surface area (Å²) in [6, 6.07) is 15.2. The molecule has 0 fully saturated rings. The highest BCUT2D eigenvalue weighted by Crippen LogP contribution is 2.36. The van der Waals surface area contributed by atoms with Crippen LogP contribution in [0.1, 0.15) is 5.69 Å². The van der Waals surface area contributed by atoms with Gasteiger partial charge in [0.1, 0.15) is 0 Å². The van der Waals surface area contributed by atoms with E-state index in [1.165, 1.54) is 5.69 Å². The molecule has 1 aliphatic rings. The molecule has 0 saturated heterocycles. The van der Waals surface area contributed by atoms with Crippen LogP contribution in [0, 0.1) is 10.1 Å². The minimum atomic E-state index is -0.304. The summed E-state index contributed by atoms with van der Waals surface area (Å²) >= 11 is 0. The number of rotatable bonds is 2. The highest BCUT2D eigenvalue weighted by molar-refractivity contribution is 5.97. The van der Waals surface area contributed by atoms with Gasteiger partial charge in [-0.1, -0.05) is 30.3 Å². The molecule has 0 atom stereocenters. The molecule has 0 radical (unpaired) electrons. The molecule has 0 spiro atoms. The van der Waals surface area contributed by atoms with Crippen LogP contribution >= 0.6 is 0 Å². The van der Waals surface area contributed by atoms with E-state index in [4.69, 9.17) is 0 Å². The number of benzene rings is 2. The first-order chi connectivity index (χ1) is 11.3. The summed E-state index contributed by atoms with van der Waals surface area (Å²) < 4.78 is 2.31. The Morgan fingerprint density at radius 3 is 2.74 bits per heavy atom. The number of hydrogen-bond acceptors (Lipinski definition) is 3. The van der Waals surface area contributed by atoms with Gasteiger partial charge in [-0.25, -0.2) is 0 Å². The highest BCUT2D eigenvalue weighted by atomic mass is 16.6. The molecular formula is C18H17N3O2. The van der Waals surface area contributed by atoms with Crippen LogP contribution in [0.25, 0.3) is 22.0 Å². The lowest BCUT2D eigenvalue weighted by Gasteiger charge is -2.11. The fourth-order valence-electron chi connectivity index (χ4n) is 3.45. The number of nitrogens with one attached hydrogen (secondary N) is 1. The third-order valence-electron chi connectivity index (χ3n) is 4.47. The van der Waals surface area contributed by atoms with E-state index in [2.05, 4.69) is 22.0 Å². The predicted molar refractivity (Wildman–Crippen MR) is 90.6 cm³/mol. The Bertz CT molecular complexity index is 898. The second kappa shape index (κ2) is 5.52. The normalized spacial score (nSPS) is 14.4. The van der Waals surface area contributed by atoms with E-state index in [9.17, 15) is 10.1 Å². The van der Waals surface area contributed by atoms with Crippen molar-refractivity contribution in [2.45, 2.75) is 13.0 Å². The van der Waals surface area contributed by atoms with Crippen LogP contribution in [0.2, 0.25) is 0 Å². The Morgan fingerprint density at radius 1 is 1.04 bits per heavy atom. The van der Waals surface area contributed by atoms with Gasteiger partial charge in [0.15, 0.2) is 0 Å². The molecule has 116 valence electrons. The van der Waals surface area contributed by atoms with Crippen LogP contribution < -0.4 is 5.32 Å². The van der Waals surface area contributed by atoms with Gasteiger partial charge in [0.05, 0.1) is 16.0 Å². The molecule has 0 amide bonds. The van der Waals surface area contributed by atoms with Crippen LogP contribution in [-0.2, 0) is 13.0 Å². The number of nitrogens with zero attached hydrogens (tertiary/aromatic N) is 2. The average Bonchev–Trinajstić information content (AvgIpc) is 2.76. The number of fused-ring (bicyclic) bond motifs is 3. The minimum Gasteiger partial charge on any atom is -0.343 e. The summed E-state index contributed by atoms with van der Waals surface area (Å²) in [5.41, 5.74) is 4.16. The molecule has 23 heavy (non-hydrogen) atoms. The summed E-state index contributed by atoms with van der Waals surface area (Å²) in [5, 5.41) is 16.0. The van der Waals surface area contributed by atoms with Gasteiger partial charge in [0.2, 0.25) is 0 Å². The van der Waals surface area contributed by atoms with E-state index in [0.29, 0.717) is 5.56 Å². The van der Waals surface area contributed by atoms with Crippen molar-refractivity contribution in [2.75, 3.05) is 13.1 Å². The topological polar surface area (TPSA) is 60.1 Å². The summed E-state index contributed by atoms with van der Waals surface area (Å²) in [6.45, 7) is 2.77. The molecule has 0 aliphatic carbocycles. The SMILES string of the molecule is O=[N+]([O-])c1ccccc1-c1cccc2cc3n(c12)CCNCC3. The lowest BCUT2D eigenvalue weighted by molar-refractivity contribution is -0.384. The maximum Gasteiger partial charge on any atom is 0.277 e. The van der Waals surface area contributed by atoms with E-state index in [0.717, 1.165) is 42.5 Å². The van der Waals surface area contributed by atoms with Gasteiger partial charge in [-0.05, 0) is 12.1 Å². The average molecular weight is 307 g/mol. The van der Waals surface area contributed by atoms with Crippen molar-refractivity contribution in [2.24, 2.45) is 0 Å². The molecule has 0 unspecified atom stereocenters. The summed E-state index contributed by atoms with van der Waals surface area (Å²) in [6.07, 6.45) is 0.977. The molecule has 1 aliphatic heterocycles. The summed E-state index contributed by atoms with van der Waals surface area (Å²) in [7, 11) is 0. The van der Waals surface area contributed by atoms with Crippen LogP contribution in [0.4, 0.5) is 5.69 Å². The van der Waals surface area contributed by atoms with Crippen molar-refractivity contribution >= 4 is 16.6 Å². The lowest BCUT2D eigenvalue weighted by Crippen LogP contribution is -2.17. The van der Waals surface area contributed by atoms with Crippen molar-refractivity contribution in [3.8, 4) is 11.1 Å². The Labute approximate surface area is 133 Å². The Morgan fingerprint density at radius 2 is 1.87 bits per heavy atom. The van der Waals surface area contributed by atoms with E-state index in [1.807, 2.05) is 24.3 Å². The van der Waals surface area contributed by atoms with Gasteiger partial charge in [-0.15, -0.1) is 0 Å². The van der Waals surface area contributed by atoms with Gasteiger partial charge in [0, 0.05) is 48.8 Å². The molecule has 0 saturated carbocycles. The fraction of sp³-hybridized carbons (Fsp3) is 0.222. The Kier molecular flexibility index (Phi) is 3.35. The number of para-hydroxylation sites is 2. The largest absolute Gasteiger partial charge is 0.343 e. The van der Waals surface area contributed by atoms with Gasteiger partial charge in [-0.3, -0.25) is 10.1 Å². The van der Waals surface area contributed by atoms with Crippen molar-refractivity contribution in [3.63, 3.8) is 0 Å². The van der Waals surface area contributed by atoms with E-state index < -0.39 is 0 Å². The summed E-state index contributed by atoms with van der Waals surface area (Å²) in [5.74, 6) is 0. The van der Waals surface area contributed by atoms with Crippen LogP contribution in [0.15, 0.2) is 48.5 Å². The van der Waals surface area contributed by atoms with Crippen LogP contribution in [-0.4, -0.2) is 22.6 Å². The number of nitro benzene ring substituents is 1. The minimum absolute atomic E-state index is 0.155. The molecule has 4 rings (SSSR count). The smallest absolute Gasteiger partial charge is 0.277 e. The van der Waals surface area contributed by atoms with Crippen molar-refractivity contribution in [1.29, 1.82) is 0 Å². The quantitative estimate of drug-likeness (QED) is 0.583. The van der Waals surface area contributed by atoms with Gasteiger partial charge in [0.25, 0.3) is 5.69 Å². The van der Waals surface area contributed by atoms with Crippen molar-refractivity contribution in [3.05, 3.63) is 64.3 Å². The van der Waals surface area contributed by atoms with E-state index in [1.54, 1.807) is 12.1 Å². The fourth-order valence-corrected chi connectivity index (χ4v) is 3.45. The maximum atomic E-state index is 11.4. The first-order valence-corrected chi connectivity index (χ1v) is 7.81. The molecule has 0 bridgehead atoms. The standard InChI is InChI=1S/C18H17N3O2/c22-21(23)17-7-2-1-5-15(17)16-6-3-4-13-12-14-8-9-19-10-11-20(14)18(13)16/h1-7,12,19H,8-11H2. The van der Waals surface area contributed by atoms with Crippen molar-refractivity contribution in [1.82, 2.24) is 9.88 Å². The Balaban J connectivity index is 2.02. The maximum absolute atomic E-state index is 11.4. The summed E-state index contributed by atoms with van der Waals surface area (Å²) in [4.78, 5) is 11.1. The number of aromatic nitrogens is 1. The second-order valence-corrected chi connectivity index (χ2v) is 5.80. The van der Waals surface area contributed by atoms with Gasteiger partial charge >= 0.3 is 0 Å². The third kappa shape index (κ3) is 2.29. The Hall–Kier alpha value is -2.66.